The van der Waals surface area contributed by atoms with Gasteiger partial charge < -0.3 is 10.4 Å². The van der Waals surface area contributed by atoms with Gasteiger partial charge in [-0.3, -0.25) is 14.2 Å². The lowest BCUT2D eigenvalue weighted by molar-refractivity contribution is -0.144. The SMILES string of the molecule is CC(C(=O)O)C(=O)Nc1cccc(-n2cnnc2)c1. The lowest BCUT2D eigenvalue weighted by Crippen LogP contribution is -2.26. The van der Waals surface area contributed by atoms with Crippen LogP contribution in [0.5, 0.6) is 0 Å². The molecule has 98 valence electrons. The number of anilines is 1. The van der Waals surface area contributed by atoms with Crippen molar-refractivity contribution in [3.63, 3.8) is 0 Å². The first-order chi connectivity index (χ1) is 9.08. The first-order valence-corrected chi connectivity index (χ1v) is 5.56. The molecule has 0 saturated carbocycles. The summed E-state index contributed by atoms with van der Waals surface area (Å²) in [6.45, 7) is 1.33. The van der Waals surface area contributed by atoms with E-state index in [0.717, 1.165) is 5.69 Å². The van der Waals surface area contributed by atoms with Crippen molar-refractivity contribution >= 4 is 17.6 Å². The number of hydrogen-bond acceptors (Lipinski definition) is 4. The average molecular weight is 260 g/mol. The summed E-state index contributed by atoms with van der Waals surface area (Å²) in [5, 5.41) is 18.7. The van der Waals surface area contributed by atoms with Crippen LogP contribution in [0.4, 0.5) is 5.69 Å². The molecule has 0 fully saturated rings. The highest BCUT2D eigenvalue weighted by Crippen LogP contribution is 2.15. The van der Waals surface area contributed by atoms with Crippen molar-refractivity contribution in [3.05, 3.63) is 36.9 Å². The third-order valence-corrected chi connectivity index (χ3v) is 2.59. The first kappa shape index (κ1) is 12.7. The summed E-state index contributed by atoms with van der Waals surface area (Å²) in [4.78, 5) is 22.3. The van der Waals surface area contributed by atoms with Crippen LogP contribution in [-0.4, -0.2) is 31.7 Å². The van der Waals surface area contributed by atoms with Gasteiger partial charge in [0.2, 0.25) is 5.91 Å². The average Bonchev–Trinajstić information content (AvgIpc) is 2.91. The number of nitrogens with one attached hydrogen (secondary N) is 1. The number of amides is 1. The topological polar surface area (TPSA) is 97.1 Å². The molecule has 2 aromatic rings. The molecule has 0 spiro atoms. The monoisotopic (exact) mass is 260 g/mol. The number of carbonyl (C=O) groups is 2. The van der Waals surface area contributed by atoms with Crippen molar-refractivity contribution in [1.82, 2.24) is 14.8 Å². The molecular weight excluding hydrogens is 248 g/mol. The minimum atomic E-state index is -1.16. The van der Waals surface area contributed by atoms with Gasteiger partial charge in [0.25, 0.3) is 0 Å². The first-order valence-electron chi connectivity index (χ1n) is 5.56. The molecule has 7 nitrogen and oxygen atoms in total. The fourth-order valence-electron chi connectivity index (χ4n) is 1.44. The summed E-state index contributed by atoms with van der Waals surface area (Å²) in [5.74, 6) is -2.82. The third-order valence-electron chi connectivity index (χ3n) is 2.59. The Kier molecular flexibility index (Phi) is 3.56. The summed E-state index contributed by atoms with van der Waals surface area (Å²) < 4.78 is 1.68. The van der Waals surface area contributed by atoms with E-state index in [1.807, 2.05) is 6.07 Å². The fourth-order valence-corrected chi connectivity index (χ4v) is 1.44. The maximum atomic E-state index is 11.6. The molecule has 1 heterocycles. The molecule has 1 amide bonds. The minimum absolute atomic E-state index is 0.518. The molecule has 0 bridgehead atoms. The maximum Gasteiger partial charge on any atom is 0.315 e. The van der Waals surface area contributed by atoms with E-state index in [4.69, 9.17) is 5.11 Å². The Bertz CT molecular complexity index is 595. The van der Waals surface area contributed by atoms with Crippen molar-refractivity contribution in [3.8, 4) is 5.69 Å². The van der Waals surface area contributed by atoms with Crippen LogP contribution in [0.15, 0.2) is 36.9 Å². The van der Waals surface area contributed by atoms with Crippen LogP contribution >= 0.6 is 0 Å². The second-order valence-electron chi connectivity index (χ2n) is 3.97. The van der Waals surface area contributed by atoms with E-state index in [9.17, 15) is 9.59 Å². The van der Waals surface area contributed by atoms with Crippen molar-refractivity contribution in [1.29, 1.82) is 0 Å². The normalized spacial score (nSPS) is 11.8. The predicted octanol–water partition coefficient (Wildman–Crippen LogP) is 0.926. The maximum absolute atomic E-state index is 11.6. The largest absolute Gasteiger partial charge is 0.481 e. The fraction of sp³-hybridized carbons (Fsp3) is 0.167. The van der Waals surface area contributed by atoms with Crippen molar-refractivity contribution < 1.29 is 14.7 Å². The molecule has 0 aliphatic rings. The minimum Gasteiger partial charge on any atom is -0.481 e. The zero-order valence-electron chi connectivity index (χ0n) is 10.1. The van der Waals surface area contributed by atoms with Gasteiger partial charge in [-0.2, -0.15) is 0 Å². The molecule has 7 heteroatoms. The van der Waals surface area contributed by atoms with Crippen LogP contribution in [-0.2, 0) is 9.59 Å². The molecule has 1 aromatic carbocycles. The van der Waals surface area contributed by atoms with E-state index in [1.54, 1.807) is 22.8 Å². The van der Waals surface area contributed by atoms with Gasteiger partial charge >= 0.3 is 5.97 Å². The molecule has 0 aliphatic carbocycles. The Morgan fingerprint density at radius 3 is 2.63 bits per heavy atom. The van der Waals surface area contributed by atoms with E-state index in [0.29, 0.717) is 5.69 Å². The van der Waals surface area contributed by atoms with Crippen LogP contribution in [0.2, 0.25) is 0 Å². The molecule has 1 aromatic heterocycles. The molecule has 19 heavy (non-hydrogen) atoms. The van der Waals surface area contributed by atoms with E-state index in [2.05, 4.69) is 15.5 Å². The second kappa shape index (κ2) is 5.30. The summed E-state index contributed by atoms with van der Waals surface area (Å²) in [6, 6.07) is 6.95. The number of hydrogen-bond donors (Lipinski definition) is 2. The number of aromatic nitrogens is 3. The Labute approximate surface area is 108 Å². The van der Waals surface area contributed by atoms with Crippen LogP contribution in [0.3, 0.4) is 0 Å². The van der Waals surface area contributed by atoms with Gasteiger partial charge in [0.1, 0.15) is 18.6 Å². The number of nitrogens with zero attached hydrogens (tertiary/aromatic N) is 3. The second-order valence-corrected chi connectivity index (χ2v) is 3.97. The van der Waals surface area contributed by atoms with Crippen molar-refractivity contribution in [2.24, 2.45) is 5.92 Å². The van der Waals surface area contributed by atoms with Gasteiger partial charge in [-0.1, -0.05) is 6.07 Å². The number of rotatable bonds is 4. The summed E-state index contributed by atoms with van der Waals surface area (Å²) in [5.41, 5.74) is 1.29. The molecule has 0 radical (unpaired) electrons. The predicted molar refractivity (Wildman–Crippen MR) is 66.8 cm³/mol. The van der Waals surface area contributed by atoms with Gasteiger partial charge in [-0.15, -0.1) is 10.2 Å². The van der Waals surface area contributed by atoms with Gasteiger partial charge in [-0.05, 0) is 25.1 Å². The summed E-state index contributed by atoms with van der Waals surface area (Å²) in [6.07, 6.45) is 3.06. The standard InChI is InChI=1S/C12H12N4O3/c1-8(12(18)19)11(17)15-9-3-2-4-10(5-9)16-6-13-14-7-16/h2-8H,1H3,(H,15,17)(H,18,19). The number of carboxylic acids is 1. The van der Waals surface area contributed by atoms with E-state index in [1.165, 1.54) is 19.6 Å². The van der Waals surface area contributed by atoms with Gasteiger partial charge in [0, 0.05) is 5.69 Å². The molecule has 1 atom stereocenters. The molecular formula is C12H12N4O3. The molecule has 1 unspecified atom stereocenters. The van der Waals surface area contributed by atoms with Crippen molar-refractivity contribution in [2.45, 2.75) is 6.92 Å². The number of carboxylic acid groups (broad SMARTS) is 1. The van der Waals surface area contributed by atoms with E-state index in [-0.39, 0.29) is 0 Å². The number of carbonyl (C=O) groups excluding carboxylic acids is 1. The van der Waals surface area contributed by atoms with Gasteiger partial charge in [0.15, 0.2) is 0 Å². The van der Waals surface area contributed by atoms with Gasteiger partial charge in [0.05, 0.1) is 5.69 Å². The van der Waals surface area contributed by atoms with Crippen LogP contribution in [0, 0.1) is 5.92 Å². The summed E-state index contributed by atoms with van der Waals surface area (Å²) >= 11 is 0. The Balaban J connectivity index is 2.16. The third kappa shape index (κ3) is 2.95. The molecule has 0 aliphatic heterocycles. The zero-order valence-corrected chi connectivity index (χ0v) is 10.1. The quantitative estimate of drug-likeness (QED) is 0.797. The van der Waals surface area contributed by atoms with E-state index < -0.39 is 17.8 Å². The van der Waals surface area contributed by atoms with Gasteiger partial charge in [-0.25, -0.2) is 0 Å². The van der Waals surface area contributed by atoms with Crippen molar-refractivity contribution in [2.75, 3.05) is 5.32 Å². The zero-order chi connectivity index (χ0) is 13.8. The lowest BCUT2D eigenvalue weighted by Gasteiger charge is -2.09. The van der Waals surface area contributed by atoms with E-state index >= 15 is 0 Å². The Morgan fingerprint density at radius 1 is 1.32 bits per heavy atom. The molecule has 2 rings (SSSR count). The van der Waals surface area contributed by atoms with Crippen LogP contribution in [0.1, 0.15) is 6.92 Å². The summed E-state index contributed by atoms with van der Waals surface area (Å²) in [7, 11) is 0. The highest BCUT2D eigenvalue weighted by atomic mass is 16.4. The smallest absolute Gasteiger partial charge is 0.315 e. The molecule has 0 saturated heterocycles. The molecule has 2 N–H and O–H groups in total. The van der Waals surface area contributed by atoms with Crippen LogP contribution in [0.25, 0.3) is 5.69 Å². The number of benzene rings is 1. The Morgan fingerprint density at radius 2 is 2.00 bits per heavy atom. The Hall–Kier alpha value is -2.70. The highest BCUT2D eigenvalue weighted by Gasteiger charge is 2.20. The number of aliphatic carboxylic acids is 1. The highest BCUT2D eigenvalue weighted by molar-refractivity contribution is 6.03. The lowest BCUT2D eigenvalue weighted by atomic mass is 10.1. The van der Waals surface area contributed by atoms with Crippen LogP contribution < -0.4 is 5.32 Å².